The minimum absolute atomic E-state index is 0.275. The van der Waals surface area contributed by atoms with Crippen LogP contribution in [-0.4, -0.2) is 23.3 Å². The van der Waals surface area contributed by atoms with Crippen LogP contribution in [0.15, 0.2) is 0 Å². The van der Waals surface area contributed by atoms with Gasteiger partial charge in [0.1, 0.15) is 0 Å². The number of hydrogen-bond donors (Lipinski definition) is 1. The standard InChI is InChI=1S/C14H24O3/c1-13(2,3)10-4-7-14(8-5-10)11(12(15)16)6-9-17-14/h10-11H,4-9H2,1-3H3,(H,15,16). The second kappa shape index (κ2) is 4.27. The van der Waals surface area contributed by atoms with Crippen molar-refractivity contribution in [3.05, 3.63) is 0 Å². The van der Waals surface area contributed by atoms with Crippen molar-refractivity contribution in [1.82, 2.24) is 0 Å². The van der Waals surface area contributed by atoms with Gasteiger partial charge in [-0.3, -0.25) is 4.79 Å². The second-order valence-corrected chi connectivity index (χ2v) is 6.73. The molecule has 17 heavy (non-hydrogen) atoms. The summed E-state index contributed by atoms with van der Waals surface area (Å²) < 4.78 is 5.84. The highest BCUT2D eigenvalue weighted by atomic mass is 16.5. The highest BCUT2D eigenvalue weighted by molar-refractivity contribution is 5.72. The zero-order valence-electron chi connectivity index (χ0n) is 11.2. The molecule has 1 aliphatic carbocycles. The van der Waals surface area contributed by atoms with Crippen LogP contribution in [0.2, 0.25) is 0 Å². The van der Waals surface area contributed by atoms with Crippen molar-refractivity contribution >= 4 is 5.97 Å². The molecule has 0 radical (unpaired) electrons. The average molecular weight is 240 g/mol. The Morgan fingerprint density at radius 2 is 1.82 bits per heavy atom. The number of carbonyl (C=O) groups is 1. The largest absolute Gasteiger partial charge is 0.481 e. The van der Waals surface area contributed by atoms with Crippen LogP contribution >= 0.6 is 0 Å². The third-order valence-electron chi connectivity index (χ3n) is 4.79. The summed E-state index contributed by atoms with van der Waals surface area (Å²) in [4.78, 5) is 11.3. The monoisotopic (exact) mass is 240 g/mol. The lowest BCUT2D eigenvalue weighted by Gasteiger charge is -2.43. The molecular weight excluding hydrogens is 216 g/mol. The molecule has 0 bridgehead atoms. The molecule has 0 aromatic rings. The number of carboxylic acids is 1. The summed E-state index contributed by atoms with van der Waals surface area (Å²) in [5.41, 5.74) is -0.00742. The Morgan fingerprint density at radius 1 is 1.24 bits per heavy atom. The van der Waals surface area contributed by atoms with Gasteiger partial charge in [-0.05, 0) is 43.4 Å². The normalized spacial score (nSPS) is 38.5. The van der Waals surface area contributed by atoms with Gasteiger partial charge in [-0.2, -0.15) is 0 Å². The quantitative estimate of drug-likeness (QED) is 0.766. The van der Waals surface area contributed by atoms with Crippen molar-refractivity contribution in [2.45, 2.75) is 58.5 Å². The zero-order chi connectivity index (χ0) is 12.7. The van der Waals surface area contributed by atoms with E-state index >= 15 is 0 Å². The van der Waals surface area contributed by atoms with Crippen molar-refractivity contribution in [3.8, 4) is 0 Å². The number of hydrogen-bond acceptors (Lipinski definition) is 2. The molecule has 3 nitrogen and oxygen atoms in total. The summed E-state index contributed by atoms with van der Waals surface area (Å²) >= 11 is 0. The number of carboxylic acid groups (broad SMARTS) is 1. The van der Waals surface area contributed by atoms with E-state index < -0.39 is 5.97 Å². The van der Waals surface area contributed by atoms with Gasteiger partial charge in [0.2, 0.25) is 0 Å². The third-order valence-corrected chi connectivity index (χ3v) is 4.79. The van der Waals surface area contributed by atoms with Gasteiger partial charge in [0.25, 0.3) is 0 Å². The van der Waals surface area contributed by atoms with Crippen LogP contribution in [0.25, 0.3) is 0 Å². The fourth-order valence-corrected chi connectivity index (χ4v) is 3.56. The molecule has 1 saturated carbocycles. The molecule has 2 rings (SSSR count). The van der Waals surface area contributed by atoms with Gasteiger partial charge >= 0.3 is 5.97 Å². The van der Waals surface area contributed by atoms with E-state index in [0.29, 0.717) is 24.4 Å². The Morgan fingerprint density at radius 3 is 2.29 bits per heavy atom. The lowest BCUT2D eigenvalue weighted by Crippen LogP contribution is -2.44. The van der Waals surface area contributed by atoms with Gasteiger partial charge < -0.3 is 9.84 Å². The van der Waals surface area contributed by atoms with Crippen molar-refractivity contribution in [2.75, 3.05) is 6.61 Å². The second-order valence-electron chi connectivity index (χ2n) is 6.73. The molecular formula is C14H24O3. The molecule has 1 saturated heterocycles. The van der Waals surface area contributed by atoms with E-state index in [9.17, 15) is 9.90 Å². The molecule has 2 fully saturated rings. The van der Waals surface area contributed by atoms with Gasteiger partial charge in [-0.25, -0.2) is 0 Å². The number of ether oxygens (including phenoxy) is 1. The molecule has 0 amide bonds. The maximum Gasteiger partial charge on any atom is 0.309 e. The van der Waals surface area contributed by atoms with Gasteiger partial charge in [-0.1, -0.05) is 20.8 Å². The van der Waals surface area contributed by atoms with Crippen LogP contribution in [0.4, 0.5) is 0 Å². The van der Waals surface area contributed by atoms with Crippen molar-refractivity contribution in [3.63, 3.8) is 0 Å². The topological polar surface area (TPSA) is 46.5 Å². The smallest absolute Gasteiger partial charge is 0.309 e. The lowest BCUT2D eigenvalue weighted by atomic mass is 9.65. The molecule has 1 spiro atoms. The van der Waals surface area contributed by atoms with E-state index in [1.54, 1.807) is 0 Å². The number of rotatable bonds is 1. The molecule has 0 aromatic heterocycles. The van der Waals surface area contributed by atoms with Gasteiger partial charge in [0.05, 0.1) is 11.5 Å². The van der Waals surface area contributed by atoms with E-state index in [0.717, 1.165) is 25.7 Å². The molecule has 1 N–H and O–H groups in total. The predicted octanol–water partition coefficient (Wildman–Crippen LogP) is 3.08. The van der Waals surface area contributed by atoms with E-state index in [-0.39, 0.29) is 11.5 Å². The molecule has 2 aliphatic rings. The Kier molecular flexibility index (Phi) is 3.23. The van der Waals surface area contributed by atoms with E-state index in [4.69, 9.17) is 4.74 Å². The van der Waals surface area contributed by atoms with Crippen LogP contribution in [0.3, 0.4) is 0 Å². The molecule has 1 aliphatic heterocycles. The minimum Gasteiger partial charge on any atom is -0.481 e. The van der Waals surface area contributed by atoms with Gasteiger partial charge in [0.15, 0.2) is 0 Å². The Hall–Kier alpha value is -0.570. The van der Waals surface area contributed by atoms with E-state index in [1.165, 1.54) is 0 Å². The number of aliphatic carboxylic acids is 1. The molecule has 1 heterocycles. The molecule has 1 atom stereocenters. The maximum absolute atomic E-state index is 11.3. The summed E-state index contributed by atoms with van der Waals surface area (Å²) in [6.45, 7) is 7.46. The van der Waals surface area contributed by atoms with Crippen LogP contribution in [0.1, 0.15) is 52.9 Å². The summed E-state index contributed by atoms with van der Waals surface area (Å²) in [5.74, 6) is -0.244. The SMILES string of the molecule is CC(C)(C)C1CCC2(CC1)OCCC2C(=O)O. The molecule has 1 unspecified atom stereocenters. The Labute approximate surface area is 104 Å². The van der Waals surface area contributed by atoms with Crippen LogP contribution < -0.4 is 0 Å². The predicted molar refractivity (Wildman–Crippen MR) is 65.8 cm³/mol. The fraction of sp³-hybridized carbons (Fsp3) is 0.929. The summed E-state index contributed by atoms with van der Waals surface area (Å²) in [5, 5.41) is 9.28. The van der Waals surface area contributed by atoms with E-state index in [1.807, 2.05) is 0 Å². The maximum atomic E-state index is 11.3. The fourth-order valence-electron chi connectivity index (χ4n) is 3.56. The first-order valence-corrected chi connectivity index (χ1v) is 6.72. The summed E-state index contributed by atoms with van der Waals surface area (Å²) in [6.07, 6.45) is 4.74. The minimum atomic E-state index is -0.670. The van der Waals surface area contributed by atoms with Crippen LogP contribution in [0.5, 0.6) is 0 Å². The van der Waals surface area contributed by atoms with E-state index in [2.05, 4.69) is 20.8 Å². The first-order valence-electron chi connectivity index (χ1n) is 6.72. The summed E-state index contributed by atoms with van der Waals surface area (Å²) in [7, 11) is 0. The van der Waals surface area contributed by atoms with Gasteiger partial charge in [-0.15, -0.1) is 0 Å². The zero-order valence-corrected chi connectivity index (χ0v) is 11.2. The Balaban J connectivity index is 2.04. The van der Waals surface area contributed by atoms with Crippen molar-refractivity contribution < 1.29 is 14.6 Å². The summed E-state index contributed by atoms with van der Waals surface area (Å²) in [6, 6.07) is 0. The van der Waals surface area contributed by atoms with Gasteiger partial charge in [0, 0.05) is 6.61 Å². The molecule has 0 aromatic carbocycles. The Bertz CT molecular complexity index is 295. The van der Waals surface area contributed by atoms with Crippen LogP contribution in [0, 0.1) is 17.3 Å². The average Bonchev–Trinajstić information content (AvgIpc) is 2.61. The lowest BCUT2D eigenvalue weighted by molar-refractivity contribution is -0.151. The highest BCUT2D eigenvalue weighted by Gasteiger charge is 2.50. The van der Waals surface area contributed by atoms with Crippen LogP contribution in [-0.2, 0) is 9.53 Å². The first kappa shape index (κ1) is 12.9. The molecule has 98 valence electrons. The third kappa shape index (κ3) is 2.35. The first-order chi connectivity index (χ1) is 7.85. The van der Waals surface area contributed by atoms with Crippen molar-refractivity contribution in [2.24, 2.45) is 17.3 Å². The highest BCUT2D eigenvalue weighted by Crippen LogP contribution is 2.48. The molecule has 3 heteroatoms. The van der Waals surface area contributed by atoms with Crippen molar-refractivity contribution in [1.29, 1.82) is 0 Å².